The maximum Gasteiger partial charge on any atom is 0.261 e. The molecule has 0 fully saturated rings. The van der Waals surface area contributed by atoms with Crippen molar-refractivity contribution in [3.05, 3.63) is 77.8 Å². The first-order valence-electron chi connectivity index (χ1n) is 8.27. The van der Waals surface area contributed by atoms with Gasteiger partial charge in [0, 0.05) is 11.1 Å². The van der Waals surface area contributed by atoms with Crippen LogP contribution >= 0.6 is 0 Å². The van der Waals surface area contributed by atoms with Crippen LogP contribution in [0.2, 0.25) is 0 Å². The molecule has 8 heteroatoms. The number of nitrogens with one attached hydrogen (secondary N) is 2. The second-order valence-corrected chi connectivity index (χ2v) is 7.77. The maximum absolute atomic E-state index is 12.7. The lowest BCUT2D eigenvalue weighted by Gasteiger charge is -2.08. The summed E-state index contributed by atoms with van der Waals surface area (Å²) in [7, 11) is -3.81. The summed E-state index contributed by atoms with van der Waals surface area (Å²) in [5.74, 6) is -0.535. The predicted molar refractivity (Wildman–Crippen MR) is 105 cm³/mol. The largest absolute Gasteiger partial charge is 0.438 e. The highest BCUT2D eigenvalue weighted by Crippen LogP contribution is 2.25. The Kier molecular flexibility index (Phi) is 4.21. The fourth-order valence-corrected chi connectivity index (χ4v) is 3.50. The summed E-state index contributed by atoms with van der Waals surface area (Å²) in [6, 6.07) is 18.4. The Morgan fingerprint density at radius 1 is 0.964 bits per heavy atom. The number of hydrogen-bond donors (Lipinski definition) is 3. The predicted octanol–water partition coefficient (Wildman–Crippen LogP) is 2.97. The van der Waals surface area contributed by atoms with E-state index in [0.717, 1.165) is 16.2 Å². The molecule has 0 aliphatic rings. The van der Waals surface area contributed by atoms with Gasteiger partial charge < -0.3 is 9.73 Å². The zero-order valence-electron chi connectivity index (χ0n) is 14.5. The molecule has 1 aromatic heterocycles. The normalized spacial score (nSPS) is 11.6. The Bertz CT molecular complexity index is 1390. The third kappa shape index (κ3) is 3.26. The number of primary sulfonamides is 1. The second-order valence-electron chi connectivity index (χ2n) is 6.21. The van der Waals surface area contributed by atoms with Crippen molar-refractivity contribution in [2.24, 2.45) is 5.14 Å². The van der Waals surface area contributed by atoms with Crippen LogP contribution in [0.5, 0.6) is 0 Å². The Morgan fingerprint density at radius 3 is 2.39 bits per heavy atom. The van der Waals surface area contributed by atoms with Gasteiger partial charge in [-0.05, 0) is 47.2 Å². The van der Waals surface area contributed by atoms with Gasteiger partial charge in [-0.25, -0.2) is 13.6 Å². The number of amides is 1. The minimum absolute atomic E-state index is 0.0566. The highest BCUT2D eigenvalue weighted by Gasteiger charge is 2.14. The Balaban J connectivity index is 1.73. The molecule has 0 bridgehead atoms. The maximum atomic E-state index is 12.7. The molecule has 0 atom stereocenters. The van der Waals surface area contributed by atoms with Crippen LogP contribution < -0.4 is 16.0 Å². The summed E-state index contributed by atoms with van der Waals surface area (Å²) in [5.41, 5.74) is 0.688. The van der Waals surface area contributed by atoms with Crippen LogP contribution in [-0.2, 0) is 10.0 Å². The topological polar surface area (TPSA) is 126 Å². The van der Waals surface area contributed by atoms with Crippen molar-refractivity contribution < 1.29 is 17.6 Å². The molecule has 0 saturated heterocycles. The molecule has 4 rings (SSSR count). The number of carbonyl (C=O) groups excluding carboxylic acids is 1. The molecule has 1 amide bonds. The summed E-state index contributed by atoms with van der Waals surface area (Å²) >= 11 is 0. The average molecular weight is 393 g/mol. The second kappa shape index (κ2) is 6.59. The van der Waals surface area contributed by atoms with Crippen LogP contribution in [-0.4, -0.2) is 14.3 Å². The fourth-order valence-electron chi connectivity index (χ4n) is 2.98. The quantitative estimate of drug-likeness (QED) is 0.463. The summed E-state index contributed by atoms with van der Waals surface area (Å²) in [5, 5.41) is 18.4. The zero-order chi connectivity index (χ0) is 19.9. The van der Waals surface area contributed by atoms with Crippen LogP contribution in [0.15, 0.2) is 76.0 Å². The molecule has 3 aromatic carbocycles. The van der Waals surface area contributed by atoms with Crippen molar-refractivity contribution in [3.63, 3.8) is 0 Å². The molecular formula is C20H15N3O4S. The molecule has 0 aliphatic heterocycles. The van der Waals surface area contributed by atoms with E-state index in [4.69, 9.17) is 15.0 Å². The Morgan fingerprint density at radius 2 is 1.68 bits per heavy atom. The first kappa shape index (κ1) is 17.9. The molecule has 1 heterocycles. The Hall–Kier alpha value is -3.49. The van der Waals surface area contributed by atoms with Crippen molar-refractivity contribution >= 4 is 43.4 Å². The van der Waals surface area contributed by atoms with E-state index in [0.29, 0.717) is 11.3 Å². The van der Waals surface area contributed by atoms with Crippen LogP contribution in [0, 0.1) is 5.41 Å². The van der Waals surface area contributed by atoms with Gasteiger partial charge in [-0.15, -0.1) is 0 Å². The van der Waals surface area contributed by atoms with E-state index < -0.39 is 15.9 Å². The molecular weight excluding hydrogens is 378 g/mol. The van der Waals surface area contributed by atoms with E-state index in [9.17, 15) is 13.2 Å². The lowest BCUT2D eigenvalue weighted by Crippen LogP contribution is -2.21. The third-order valence-electron chi connectivity index (χ3n) is 4.36. The number of benzene rings is 3. The van der Waals surface area contributed by atoms with Crippen LogP contribution in [0.1, 0.15) is 10.4 Å². The molecule has 4 N–H and O–H groups in total. The molecule has 0 aliphatic carbocycles. The van der Waals surface area contributed by atoms with Gasteiger partial charge in [-0.2, -0.15) is 0 Å². The lowest BCUT2D eigenvalue weighted by molar-refractivity contribution is 0.102. The number of sulfonamides is 1. The molecule has 0 spiro atoms. The summed E-state index contributed by atoms with van der Waals surface area (Å²) in [6.45, 7) is 0. The first-order valence-corrected chi connectivity index (χ1v) is 9.82. The molecule has 4 aromatic rings. The molecule has 0 radical (unpaired) electrons. The van der Waals surface area contributed by atoms with Gasteiger partial charge in [0.2, 0.25) is 15.6 Å². The van der Waals surface area contributed by atoms with Gasteiger partial charge in [-0.1, -0.05) is 30.3 Å². The van der Waals surface area contributed by atoms with Crippen molar-refractivity contribution in [1.82, 2.24) is 0 Å². The average Bonchev–Trinajstić information content (AvgIpc) is 2.67. The smallest absolute Gasteiger partial charge is 0.261 e. The van der Waals surface area contributed by atoms with E-state index >= 15 is 0 Å². The van der Waals surface area contributed by atoms with Crippen molar-refractivity contribution in [1.29, 1.82) is 5.41 Å². The number of fused-ring (bicyclic) bond motifs is 3. The van der Waals surface area contributed by atoms with E-state index in [1.54, 1.807) is 12.1 Å². The number of anilines is 1. The summed E-state index contributed by atoms with van der Waals surface area (Å²) in [4.78, 5) is 12.6. The van der Waals surface area contributed by atoms with Crippen molar-refractivity contribution in [2.45, 2.75) is 4.90 Å². The summed E-state index contributed by atoms with van der Waals surface area (Å²) in [6.07, 6.45) is 0. The van der Waals surface area contributed by atoms with Crippen molar-refractivity contribution in [3.8, 4) is 0 Å². The minimum Gasteiger partial charge on any atom is -0.438 e. The SMILES string of the molecule is N=c1oc2ccc3ccccc3c2cc1C(=O)Nc1ccc(S(N)(=O)=O)cc1. The monoisotopic (exact) mass is 393 g/mol. The summed E-state index contributed by atoms with van der Waals surface area (Å²) < 4.78 is 28.2. The first-order chi connectivity index (χ1) is 13.3. The highest BCUT2D eigenvalue weighted by atomic mass is 32.2. The number of rotatable bonds is 3. The fraction of sp³-hybridized carbons (Fsp3) is 0. The van der Waals surface area contributed by atoms with Gasteiger partial charge in [0.25, 0.3) is 5.91 Å². The van der Waals surface area contributed by atoms with Gasteiger partial charge in [0.05, 0.1) is 4.90 Å². The van der Waals surface area contributed by atoms with Gasteiger partial charge in [-0.3, -0.25) is 10.2 Å². The van der Waals surface area contributed by atoms with E-state index in [-0.39, 0.29) is 16.0 Å². The van der Waals surface area contributed by atoms with E-state index in [1.807, 2.05) is 30.3 Å². The standard InChI is InChI=1S/C20H15N3O4S/c21-19-17(20(24)23-13-6-8-14(9-7-13)28(22,25)26)11-16-15-4-2-1-3-12(15)5-10-18(16)27-19/h1-11,21H,(H,23,24)(H2,22,25,26). The third-order valence-corrected chi connectivity index (χ3v) is 5.29. The highest BCUT2D eigenvalue weighted by molar-refractivity contribution is 7.89. The number of nitrogens with two attached hydrogens (primary N) is 1. The number of carbonyl (C=O) groups is 1. The van der Waals surface area contributed by atoms with Crippen LogP contribution in [0.4, 0.5) is 5.69 Å². The minimum atomic E-state index is -3.81. The molecule has 0 unspecified atom stereocenters. The molecule has 7 nitrogen and oxygen atoms in total. The van der Waals surface area contributed by atoms with Crippen LogP contribution in [0.3, 0.4) is 0 Å². The van der Waals surface area contributed by atoms with Gasteiger partial charge in [0.1, 0.15) is 11.1 Å². The molecule has 28 heavy (non-hydrogen) atoms. The van der Waals surface area contributed by atoms with Gasteiger partial charge in [0.15, 0.2) is 0 Å². The van der Waals surface area contributed by atoms with E-state index in [1.165, 1.54) is 24.3 Å². The molecule has 140 valence electrons. The van der Waals surface area contributed by atoms with E-state index in [2.05, 4.69) is 5.32 Å². The lowest BCUT2D eigenvalue weighted by atomic mass is 10.0. The zero-order valence-corrected chi connectivity index (χ0v) is 15.3. The molecule has 0 saturated carbocycles. The number of hydrogen-bond acceptors (Lipinski definition) is 5. The van der Waals surface area contributed by atoms with Gasteiger partial charge >= 0.3 is 0 Å². The Labute approximate surface area is 160 Å². The van der Waals surface area contributed by atoms with Crippen molar-refractivity contribution in [2.75, 3.05) is 5.32 Å². The van der Waals surface area contributed by atoms with Crippen LogP contribution in [0.25, 0.3) is 21.7 Å².